The lowest BCUT2D eigenvalue weighted by Gasteiger charge is -2.09. The van der Waals surface area contributed by atoms with Crippen LogP contribution in [0.1, 0.15) is 22.8 Å². The van der Waals surface area contributed by atoms with E-state index < -0.39 is 29.3 Å². The first-order valence-corrected chi connectivity index (χ1v) is 9.41. The van der Waals surface area contributed by atoms with Crippen molar-refractivity contribution in [3.05, 3.63) is 59.7 Å². The summed E-state index contributed by atoms with van der Waals surface area (Å²) in [5.74, 6) is 0.00333. The van der Waals surface area contributed by atoms with Gasteiger partial charge in [0.05, 0.1) is 28.4 Å². The number of ether oxygens (including phenoxy) is 2. The third kappa shape index (κ3) is 5.42. The molecule has 1 atom stereocenters. The van der Waals surface area contributed by atoms with Crippen LogP contribution in [0.5, 0.6) is 5.75 Å². The van der Waals surface area contributed by atoms with E-state index in [1.807, 2.05) is 24.3 Å². The molecule has 26 heavy (non-hydrogen) atoms. The summed E-state index contributed by atoms with van der Waals surface area (Å²) in [7, 11) is 0.288. The predicted octanol–water partition coefficient (Wildman–Crippen LogP) is 2.30. The van der Waals surface area contributed by atoms with Gasteiger partial charge in [0.25, 0.3) is 5.91 Å². The van der Waals surface area contributed by atoms with Crippen molar-refractivity contribution < 1.29 is 23.3 Å². The lowest BCUT2D eigenvalue weighted by atomic mass is 10.2. The van der Waals surface area contributed by atoms with E-state index in [0.717, 1.165) is 5.56 Å². The zero-order chi connectivity index (χ0) is 18.9. The molecule has 7 heteroatoms. The zero-order valence-corrected chi connectivity index (χ0v) is 15.5. The monoisotopic (exact) mass is 375 g/mol. The molecule has 0 radical (unpaired) electrons. The lowest BCUT2D eigenvalue weighted by molar-refractivity contribution is -0.124. The summed E-state index contributed by atoms with van der Waals surface area (Å²) >= 11 is 0. The van der Waals surface area contributed by atoms with Gasteiger partial charge in [-0.25, -0.2) is 4.79 Å². The highest BCUT2D eigenvalue weighted by atomic mass is 32.2. The van der Waals surface area contributed by atoms with Crippen LogP contribution in [0.25, 0.3) is 0 Å². The minimum absolute atomic E-state index is 0.216. The van der Waals surface area contributed by atoms with E-state index in [1.54, 1.807) is 38.3 Å². The number of esters is 1. The molecule has 0 aliphatic heterocycles. The van der Waals surface area contributed by atoms with Gasteiger partial charge in [0.15, 0.2) is 6.61 Å². The molecular formula is C19H21NO5S. The summed E-state index contributed by atoms with van der Waals surface area (Å²) in [6, 6.07) is 13.8. The summed E-state index contributed by atoms with van der Waals surface area (Å²) in [5.41, 5.74) is 1.08. The molecule has 1 amide bonds. The average Bonchev–Trinajstić information content (AvgIpc) is 2.69. The Morgan fingerprint density at radius 3 is 2.62 bits per heavy atom. The summed E-state index contributed by atoms with van der Waals surface area (Å²) < 4.78 is 22.2. The van der Waals surface area contributed by atoms with E-state index in [0.29, 0.717) is 22.9 Å². The van der Waals surface area contributed by atoms with Crippen LogP contribution >= 0.6 is 0 Å². The van der Waals surface area contributed by atoms with Crippen LogP contribution in [-0.4, -0.2) is 35.6 Å². The highest BCUT2D eigenvalue weighted by Crippen LogP contribution is 2.15. The number of hydrogen-bond donors (Lipinski definition) is 1. The van der Waals surface area contributed by atoms with Gasteiger partial charge < -0.3 is 14.8 Å². The van der Waals surface area contributed by atoms with Crippen molar-refractivity contribution >= 4 is 22.7 Å². The molecule has 0 aromatic heterocycles. The molecule has 138 valence electrons. The Bertz CT molecular complexity index is 806. The maximum Gasteiger partial charge on any atom is 0.339 e. The molecule has 0 aliphatic rings. The van der Waals surface area contributed by atoms with E-state index >= 15 is 0 Å². The van der Waals surface area contributed by atoms with E-state index in [-0.39, 0.29) is 5.56 Å². The number of rotatable bonds is 8. The second kappa shape index (κ2) is 9.72. The first-order valence-electron chi connectivity index (χ1n) is 8.09. The zero-order valence-electron chi connectivity index (χ0n) is 14.7. The number of carbonyl (C=O) groups is 2. The molecule has 0 heterocycles. The highest BCUT2D eigenvalue weighted by molar-refractivity contribution is 7.85. The van der Waals surface area contributed by atoms with Gasteiger partial charge in [-0.2, -0.15) is 0 Å². The first-order chi connectivity index (χ1) is 12.5. The van der Waals surface area contributed by atoms with Crippen LogP contribution < -0.4 is 10.1 Å². The summed E-state index contributed by atoms with van der Waals surface area (Å²) in [6.45, 7) is 1.66. The smallest absolute Gasteiger partial charge is 0.339 e. The van der Waals surface area contributed by atoms with Crippen molar-refractivity contribution in [2.45, 2.75) is 18.4 Å². The summed E-state index contributed by atoms with van der Waals surface area (Å²) in [4.78, 5) is 24.5. The molecule has 6 nitrogen and oxygen atoms in total. The van der Waals surface area contributed by atoms with Gasteiger partial charge in [-0.15, -0.1) is 0 Å². The lowest BCUT2D eigenvalue weighted by Crippen LogP contribution is -2.28. The molecule has 0 saturated carbocycles. The van der Waals surface area contributed by atoms with Crippen LogP contribution in [0.15, 0.2) is 53.4 Å². The van der Waals surface area contributed by atoms with Gasteiger partial charge in [0.1, 0.15) is 5.75 Å². The van der Waals surface area contributed by atoms with Gasteiger partial charge in [-0.3, -0.25) is 9.00 Å². The molecule has 0 fully saturated rings. The molecule has 2 rings (SSSR count). The van der Waals surface area contributed by atoms with Gasteiger partial charge in [-0.05, 0) is 29.8 Å². The van der Waals surface area contributed by atoms with E-state index in [9.17, 15) is 13.8 Å². The standard InChI is InChI=1S/C19H21NO5S/c1-3-26(23)17-10-5-4-9-16(17)19(22)25-13-18(21)20-12-14-7-6-8-15(11-14)24-2/h4-11H,3,12-13H2,1-2H3,(H,20,21). The topological polar surface area (TPSA) is 81.7 Å². The highest BCUT2D eigenvalue weighted by Gasteiger charge is 2.17. The largest absolute Gasteiger partial charge is 0.497 e. The molecule has 0 saturated heterocycles. The number of carbonyl (C=O) groups excluding carboxylic acids is 2. The van der Waals surface area contributed by atoms with Gasteiger partial charge in [-0.1, -0.05) is 31.2 Å². The van der Waals surface area contributed by atoms with Crippen LogP contribution in [0, 0.1) is 0 Å². The van der Waals surface area contributed by atoms with E-state index in [2.05, 4.69) is 5.32 Å². The molecular weight excluding hydrogens is 354 g/mol. The Hall–Kier alpha value is -2.67. The van der Waals surface area contributed by atoms with Crippen molar-refractivity contribution in [3.63, 3.8) is 0 Å². The van der Waals surface area contributed by atoms with Gasteiger partial charge in [0.2, 0.25) is 0 Å². The van der Waals surface area contributed by atoms with E-state index in [4.69, 9.17) is 9.47 Å². The number of hydrogen-bond acceptors (Lipinski definition) is 5. The van der Waals surface area contributed by atoms with Crippen LogP contribution in [0.2, 0.25) is 0 Å². The minimum atomic E-state index is -1.28. The Labute approximate surface area is 155 Å². The minimum Gasteiger partial charge on any atom is -0.497 e. The Kier molecular flexibility index (Phi) is 7.35. The third-order valence-corrected chi connectivity index (χ3v) is 4.94. The quantitative estimate of drug-likeness (QED) is 0.716. The fourth-order valence-electron chi connectivity index (χ4n) is 2.23. The molecule has 0 aliphatic carbocycles. The Morgan fingerprint density at radius 2 is 1.88 bits per heavy atom. The number of benzene rings is 2. The third-order valence-electron chi connectivity index (χ3n) is 3.57. The van der Waals surface area contributed by atoms with Crippen LogP contribution in [0.3, 0.4) is 0 Å². The Morgan fingerprint density at radius 1 is 1.12 bits per heavy atom. The molecule has 2 aromatic carbocycles. The number of methoxy groups -OCH3 is 1. The van der Waals surface area contributed by atoms with Crippen molar-refractivity contribution in [3.8, 4) is 5.75 Å². The van der Waals surface area contributed by atoms with E-state index in [1.165, 1.54) is 0 Å². The molecule has 2 aromatic rings. The van der Waals surface area contributed by atoms with Crippen molar-refractivity contribution in [2.75, 3.05) is 19.5 Å². The normalized spacial score (nSPS) is 11.5. The maximum atomic E-state index is 12.2. The summed E-state index contributed by atoms with van der Waals surface area (Å²) in [5, 5.41) is 2.67. The number of amides is 1. The van der Waals surface area contributed by atoms with Gasteiger partial charge >= 0.3 is 5.97 Å². The van der Waals surface area contributed by atoms with Gasteiger partial charge in [0, 0.05) is 12.3 Å². The molecule has 0 spiro atoms. The molecule has 1 N–H and O–H groups in total. The van der Waals surface area contributed by atoms with Crippen molar-refractivity contribution in [1.82, 2.24) is 5.32 Å². The first kappa shape index (κ1) is 19.7. The van der Waals surface area contributed by atoms with Crippen LogP contribution in [-0.2, 0) is 26.9 Å². The Balaban J connectivity index is 1.89. The average molecular weight is 375 g/mol. The van der Waals surface area contributed by atoms with Crippen molar-refractivity contribution in [1.29, 1.82) is 0 Å². The second-order valence-corrected chi connectivity index (χ2v) is 7.04. The fourth-order valence-corrected chi connectivity index (χ4v) is 3.17. The predicted molar refractivity (Wildman–Crippen MR) is 98.5 cm³/mol. The van der Waals surface area contributed by atoms with Crippen LogP contribution in [0.4, 0.5) is 0 Å². The summed E-state index contributed by atoms with van der Waals surface area (Å²) in [6.07, 6.45) is 0. The van der Waals surface area contributed by atoms with Crippen molar-refractivity contribution in [2.24, 2.45) is 0 Å². The SMILES string of the molecule is CCS(=O)c1ccccc1C(=O)OCC(=O)NCc1cccc(OC)c1. The number of nitrogens with one attached hydrogen (secondary N) is 1. The molecule has 1 unspecified atom stereocenters. The molecule has 0 bridgehead atoms. The fraction of sp³-hybridized carbons (Fsp3) is 0.263. The second-order valence-electron chi connectivity index (χ2n) is 5.33. The maximum absolute atomic E-state index is 12.2.